The summed E-state index contributed by atoms with van der Waals surface area (Å²) in [5, 5.41) is 0.206. The van der Waals surface area contributed by atoms with Crippen molar-refractivity contribution in [2.24, 2.45) is 5.92 Å². The second kappa shape index (κ2) is 5.96. The summed E-state index contributed by atoms with van der Waals surface area (Å²) in [6.07, 6.45) is 8.82. The molecule has 17 heavy (non-hydrogen) atoms. The van der Waals surface area contributed by atoms with E-state index in [1.807, 2.05) is 0 Å². The van der Waals surface area contributed by atoms with Crippen molar-refractivity contribution in [3.8, 4) is 0 Å². The molecule has 1 aromatic heterocycles. The molecule has 1 fully saturated rings. The Labute approximate surface area is 105 Å². The molecular weight excluding hydrogens is 240 g/mol. The molecule has 5 heteroatoms. The van der Waals surface area contributed by atoms with E-state index < -0.39 is 5.97 Å². The first-order valence-electron chi connectivity index (χ1n) is 5.90. The molecular formula is C12H15ClN2O2. The molecule has 4 nitrogen and oxygen atoms in total. The average Bonchev–Trinajstić information content (AvgIpc) is 2.37. The number of esters is 1. The summed E-state index contributed by atoms with van der Waals surface area (Å²) in [7, 11) is 0. The standard InChI is InChI=1S/C12H15ClN2O2/c13-11-7-14-6-10(15-11)12(16)17-8-9-4-2-1-3-5-9/h6-7,9H,1-5,8H2. The number of nitrogens with zero attached hydrogens (tertiary/aromatic N) is 2. The monoisotopic (exact) mass is 254 g/mol. The van der Waals surface area contributed by atoms with E-state index in [-0.39, 0.29) is 10.8 Å². The summed E-state index contributed by atoms with van der Waals surface area (Å²) < 4.78 is 5.22. The van der Waals surface area contributed by atoms with E-state index >= 15 is 0 Å². The zero-order chi connectivity index (χ0) is 12.1. The van der Waals surface area contributed by atoms with Crippen molar-refractivity contribution in [2.45, 2.75) is 32.1 Å². The minimum absolute atomic E-state index is 0.174. The normalized spacial score (nSPS) is 16.8. The van der Waals surface area contributed by atoms with E-state index in [0.717, 1.165) is 12.8 Å². The van der Waals surface area contributed by atoms with Crippen LogP contribution in [0.4, 0.5) is 0 Å². The molecule has 0 saturated heterocycles. The second-order valence-corrected chi connectivity index (χ2v) is 4.72. The summed E-state index contributed by atoms with van der Waals surface area (Å²) >= 11 is 5.66. The molecule has 2 rings (SSSR count). The summed E-state index contributed by atoms with van der Waals surface area (Å²) in [4.78, 5) is 19.3. The number of hydrogen-bond acceptors (Lipinski definition) is 4. The van der Waals surface area contributed by atoms with E-state index in [9.17, 15) is 4.79 Å². The second-order valence-electron chi connectivity index (χ2n) is 4.33. The molecule has 0 bridgehead atoms. The van der Waals surface area contributed by atoms with E-state index in [1.54, 1.807) is 0 Å². The highest BCUT2D eigenvalue weighted by molar-refractivity contribution is 6.29. The predicted molar refractivity (Wildman–Crippen MR) is 63.9 cm³/mol. The van der Waals surface area contributed by atoms with E-state index in [0.29, 0.717) is 12.5 Å². The van der Waals surface area contributed by atoms with Crippen LogP contribution < -0.4 is 0 Å². The Morgan fingerprint density at radius 1 is 1.35 bits per heavy atom. The van der Waals surface area contributed by atoms with Crippen molar-refractivity contribution >= 4 is 17.6 Å². The van der Waals surface area contributed by atoms with Crippen molar-refractivity contribution < 1.29 is 9.53 Å². The lowest BCUT2D eigenvalue weighted by atomic mass is 9.90. The third-order valence-corrected chi connectivity index (χ3v) is 3.17. The molecule has 0 unspecified atom stereocenters. The number of hydrogen-bond donors (Lipinski definition) is 0. The molecule has 0 N–H and O–H groups in total. The first kappa shape index (κ1) is 12.3. The maximum atomic E-state index is 11.7. The predicted octanol–water partition coefficient (Wildman–Crippen LogP) is 2.87. The Hall–Kier alpha value is -1.16. The molecule has 92 valence electrons. The maximum absolute atomic E-state index is 11.7. The number of ether oxygens (including phenoxy) is 1. The van der Waals surface area contributed by atoms with Gasteiger partial charge in [0.1, 0.15) is 5.15 Å². The smallest absolute Gasteiger partial charge is 0.358 e. The van der Waals surface area contributed by atoms with Gasteiger partial charge >= 0.3 is 5.97 Å². The lowest BCUT2D eigenvalue weighted by Gasteiger charge is -2.20. The quantitative estimate of drug-likeness (QED) is 0.779. The molecule has 1 heterocycles. The molecule has 0 amide bonds. The zero-order valence-electron chi connectivity index (χ0n) is 9.56. The van der Waals surface area contributed by atoms with Crippen molar-refractivity contribution in [1.29, 1.82) is 0 Å². The molecule has 0 spiro atoms. The van der Waals surface area contributed by atoms with Crippen LogP contribution in [-0.2, 0) is 4.74 Å². The van der Waals surface area contributed by atoms with Gasteiger partial charge in [-0.05, 0) is 18.8 Å². The highest BCUT2D eigenvalue weighted by Crippen LogP contribution is 2.23. The van der Waals surface area contributed by atoms with Crippen LogP contribution in [0.3, 0.4) is 0 Å². The van der Waals surface area contributed by atoms with Crippen LogP contribution in [0.15, 0.2) is 12.4 Å². The molecule has 1 saturated carbocycles. The summed E-state index contributed by atoms with van der Waals surface area (Å²) in [5.41, 5.74) is 0.174. The SMILES string of the molecule is O=C(OCC1CCCCC1)c1cncc(Cl)n1. The number of rotatable bonds is 3. The lowest BCUT2D eigenvalue weighted by Crippen LogP contribution is -2.17. The van der Waals surface area contributed by atoms with E-state index in [1.165, 1.54) is 31.7 Å². The van der Waals surface area contributed by atoms with Gasteiger partial charge in [0, 0.05) is 0 Å². The van der Waals surface area contributed by atoms with Crippen molar-refractivity contribution in [1.82, 2.24) is 9.97 Å². The minimum atomic E-state index is -0.439. The highest BCUT2D eigenvalue weighted by atomic mass is 35.5. The van der Waals surface area contributed by atoms with Gasteiger partial charge in [0.2, 0.25) is 0 Å². The molecule has 0 aromatic carbocycles. The van der Waals surface area contributed by atoms with Crippen LogP contribution in [0.2, 0.25) is 5.15 Å². The van der Waals surface area contributed by atoms with E-state index in [4.69, 9.17) is 16.3 Å². The summed E-state index contributed by atoms with van der Waals surface area (Å²) in [6.45, 7) is 0.479. The van der Waals surface area contributed by atoms with Gasteiger partial charge in [-0.15, -0.1) is 0 Å². The molecule has 0 radical (unpaired) electrons. The van der Waals surface area contributed by atoms with Crippen LogP contribution >= 0.6 is 11.6 Å². The first-order chi connectivity index (χ1) is 8.25. The average molecular weight is 255 g/mol. The molecule has 0 aliphatic heterocycles. The third kappa shape index (κ3) is 3.66. The highest BCUT2D eigenvalue weighted by Gasteiger charge is 2.17. The molecule has 0 atom stereocenters. The molecule has 1 aromatic rings. The Kier molecular flexibility index (Phi) is 4.31. The van der Waals surface area contributed by atoms with Gasteiger partial charge in [-0.25, -0.2) is 9.78 Å². The van der Waals surface area contributed by atoms with Crippen molar-refractivity contribution in [3.05, 3.63) is 23.2 Å². The van der Waals surface area contributed by atoms with Crippen LogP contribution in [-0.4, -0.2) is 22.5 Å². The van der Waals surface area contributed by atoms with Crippen LogP contribution in [0.1, 0.15) is 42.6 Å². The molecule has 1 aliphatic carbocycles. The fourth-order valence-corrected chi connectivity index (χ4v) is 2.21. The zero-order valence-corrected chi connectivity index (χ0v) is 10.3. The van der Waals surface area contributed by atoms with Gasteiger partial charge in [-0.1, -0.05) is 30.9 Å². The Morgan fingerprint density at radius 3 is 2.82 bits per heavy atom. The van der Waals surface area contributed by atoms with Gasteiger partial charge in [0.25, 0.3) is 0 Å². The lowest BCUT2D eigenvalue weighted by molar-refractivity contribution is 0.0403. The number of halogens is 1. The Morgan fingerprint density at radius 2 is 2.12 bits per heavy atom. The Bertz CT molecular complexity index is 392. The number of aromatic nitrogens is 2. The fourth-order valence-electron chi connectivity index (χ4n) is 2.06. The minimum Gasteiger partial charge on any atom is -0.461 e. The van der Waals surface area contributed by atoms with E-state index in [2.05, 4.69) is 9.97 Å². The largest absolute Gasteiger partial charge is 0.461 e. The number of carbonyl (C=O) groups is 1. The van der Waals surface area contributed by atoms with Crippen molar-refractivity contribution in [2.75, 3.05) is 6.61 Å². The van der Waals surface area contributed by atoms with Crippen LogP contribution in [0.25, 0.3) is 0 Å². The third-order valence-electron chi connectivity index (χ3n) is 2.99. The van der Waals surface area contributed by atoms with Crippen LogP contribution in [0.5, 0.6) is 0 Å². The van der Waals surface area contributed by atoms with Gasteiger partial charge in [-0.2, -0.15) is 0 Å². The first-order valence-corrected chi connectivity index (χ1v) is 6.28. The van der Waals surface area contributed by atoms with Gasteiger partial charge < -0.3 is 4.74 Å². The maximum Gasteiger partial charge on any atom is 0.358 e. The number of carbonyl (C=O) groups excluding carboxylic acids is 1. The fraction of sp³-hybridized carbons (Fsp3) is 0.583. The van der Waals surface area contributed by atoms with Gasteiger partial charge in [0.05, 0.1) is 19.0 Å². The topological polar surface area (TPSA) is 52.1 Å². The van der Waals surface area contributed by atoms with Gasteiger partial charge in [0.15, 0.2) is 5.69 Å². The Balaban J connectivity index is 1.84. The summed E-state index contributed by atoms with van der Waals surface area (Å²) in [6, 6.07) is 0. The van der Waals surface area contributed by atoms with Crippen molar-refractivity contribution in [3.63, 3.8) is 0 Å². The van der Waals surface area contributed by atoms with Crippen LogP contribution in [0, 0.1) is 5.92 Å². The molecule has 1 aliphatic rings. The van der Waals surface area contributed by atoms with Gasteiger partial charge in [-0.3, -0.25) is 4.98 Å². The summed E-state index contributed by atoms with van der Waals surface area (Å²) in [5.74, 6) is 0.0606.